The lowest BCUT2D eigenvalue weighted by molar-refractivity contribution is -0.131. The number of rotatable bonds is 6. The highest BCUT2D eigenvalue weighted by atomic mass is 19.1. The van der Waals surface area contributed by atoms with Crippen LogP contribution in [-0.2, 0) is 17.9 Å². The number of tetrazole rings is 1. The van der Waals surface area contributed by atoms with Crippen LogP contribution in [0.1, 0.15) is 15.9 Å². The molecule has 27 heavy (non-hydrogen) atoms. The third kappa shape index (κ3) is 4.51. The van der Waals surface area contributed by atoms with Gasteiger partial charge in [0.2, 0.25) is 17.6 Å². The Bertz CT molecular complexity index is 953. The van der Waals surface area contributed by atoms with Gasteiger partial charge < -0.3 is 10.6 Å². The number of primary amides is 1. The number of carbonyl (C=O) groups excluding carboxylic acids is 2. The predicted octanol–water partition coefficient (Wildman–Crippen LogP) is 1.24. The lowest BCUT2D eigenvalue weighted by Gasteiger charge is -2.16. The number of amides is 2. The lowest BCUT2D eigenvalue weighted by atomic mass is 10.1. The van der Waals surface area contributed by atoms with Gasteiger partial charge in [-0.3, -0.25) is 9.59 Å². The number of nitrogens with two attached hydrogens (primary N) is 1. The second kappa shape index (κ2) is 7.73. The van der Waals surface area contributed by atoms with E-state index in [9.17, 15) is 14.0 Å². The van der Waals surface area contributed by atoms with Crippen molar-refractivity contribution in [3.63, 3.8) is 0 Å². The number of carbonyl (C=O) groups is 2. The van der Waals surface area contributed by atoms with Crippen LogP contribution >= 0.6 is 0 Å². The Hall–Kier alpha value is -3.62. The maximum absolute atomic E-state index is 12.9. The van der Waals surface area contributed by atoms with Gasteiger partial charge in [-0.1, -0.05) is 24.3 Å². The first-order valence-corrected chi connectivity index (χ1v) is 8.09. The Balaban J connectivity index is 1.63. The Morgan fingerprint density at radius 3 is 2.41 bits per heavy atom. The fourth-order valence-electron chi connectivity index (χ4n) is 2.40. The maximum Gasteiger partial charge on any atom is 0.248 e. The summed E-state index contributed by atoms with van der Waals surface area (Å²) in [6, 6.07) is 12.4. The number of nitrogens with zero attached hydrogens (tertiary/aromatic N) is 5. The molecule has 2 N–H and O–H groups in total. The Kier molecular flexibility index (Phi) is 5.20. The zero-order valence-electron chi connectivity index (χ0n) is 14.5. The molecule has 0 aliphatic rings. The number of hydrogen-bond acceptors (Lipinski definition) is 5. The second-order valence-corrected chi connectivity index (χ2v) is 5.96. The predicted molar refractivity (Wildman–Crippen MR) is 94.6 cm³/mol. The fraction of sp³-hybridized carbons (Fsp3) is 0.167. The summed E-state index contributed by atoms with van der Waals surface area (Å²) in [6.45, 7) is 0.263. The smallest absolute Gasteiger partial charge is 0.248 e. The van der Waals surface area contributed by atoms with Crippen molar-refractivity contribution in [1.29, 1.82) is 0 Å². The van der Waals surface area contributed by atoms with Gasteiger partial charge in [0.15, 0.2) is 0 Å². The second-order valence-electron chi connectivity index (χ2n) is 5.96. The van der Waals surface area contributed by atoms with Crippen molar-refractivity contribution in [1.82, 2.24) is 25.1 Å². The first-order chi connectivity index (χ1) is 12.9. The molecule has 0 atom stereocenters. The van der Waals surface area contributed by atoms with E-state index in [-0.39, 0.29) is 18.3 Å². The first kappa shape index (κ1) is 18.2. The molecule has 138 valence electrons. The number of aromatic nitrogens is 4. The number of hydrogen-bond donors (Lipinski definition) is 1. The van der Waals surface area contributed by atoms with Crippen LogP contribution in [0.25, 0.3) is 11.4 Å². The van der Waals surface area contributed by atoms with Gasteiger partial charge in [0.1, 0.15) is 12.4 Å². The van der Waals surface area contributed by atoms with Gasteiger partial charge in [-0.15, -0.1) is 10.2 Å². The van der Waals surface area contributed by atoms with Crippen LogP contribution < -0.4 is 5.73 Å². The third-order valence-corrected chi connectivity index (χ3v) is 3.92. The van der Waals surface area contributed by atoms with Crippen LogP contribution in [0.5, 0.6) is 0 Å². The molecule has 0 bridgehead atoms. The molecule has 2 aromatic carbocycles. The summed E-state index contributed by atoms with van der Waals surface area (Å²) in [5.41, 5.74) is 7.05. The van der Waals surface area contributed by atoms with E-state index in [2.05, 4.69) is 15.4 Å². The Morgan fingerprint density at radius 2 is 1.78 bits per heavy atom. The molecule has 0 unspecified atom stereocenters. The van der Waals surface area contributed by atoms with Gasteiger partial charge >= 0.3 is 0 Å². The largest absolute Gasteiger partial charge is 0.366 e. The molecule has 0 saturated carbocycles. The highest BCUT2D eigenvalue weighted by Gasteiger charge is 2.14. The molecule has 1 aromatic heterocycles. The van der Waals surface area contributed by atoms with Gasteiger partial charge in [-0.2, -0.15) is 4.80 Å². The van der Waals surface area contributed by atoms with E-state index in [1.54, 1.807) is 43.4 Å². The van der Waals surface area contributed by atoms with E-state index in [1.807, 2.05) is 0 Å². The zero-order valence-corrected chi connectivity index (χ0v) is 14.5. The van der Waals surface area contributed by atoms with E-state index in [0.717, 1.165) is 5.56 Å². The van der Waals surface area contributed by atoms with Crippen molar-refractivity contribution >= 4 is 11.8 Å². The summed E-state index contributed by atoms with van der Waals surface area (Å²) in [5.74, 6) is -0.726. The van der Waals surface area contributed by atoms with Crippen molar-refractivity contribution in [2.24, 2.45) is 5.73 Å². The van der Waals surface area contributed by atoms with Gasteiger partial charge in [-0.25, -0.2) is 4.39 Å². The molecule has 3 aromatic rings. The van der Waals surface area contributed by atoms with Crippen LogP contribution in [0.15, 0.2) is 48.5 Å². The average molecular weight is 368 g/mol. The van der Waals surface area contributed by atoms with Crippen LogP contribution in [0.4, 0.5) is 4.39 Å². The molecule has 2 amide bonds. The molecule has 0 fully saturated rings. The Labute approximate surface area is 154 Å². The lowest BCUT2D eigenvalue weighted by Crippen LogP contribution is -2.30. The van der Waals surface area contributed by atoms with Crippen LogP contribution in [0, 0.1) is 5.82 Å². The summed E-state index contributed by atoms with van der Waals surface area (Å²) in [7, 11) is 1.64. The van der Waals surface area contributed by atoms with Crippen molar-refractivity contribution in [2.45, 2.75) is 13.1 Å². The molecule has 0 radical (unpaired) electrons. The van der Waals surface area contributed by atoms with Crippen LogP contribution in [0.3, 0.4) is 0 Å². The van der Waals surface area contributed by atoms with Gasteiger partial charge in [0, 0.05) is 24.7 Å². The minimum atomic E-state index is -0.520. The molecule has 0 aliphatic carbocycles. The highest BCUT2D eigenvalue weighted by Crippen LogP contribution is 2.14. The van der Waals surface area contributed by atoms with Crippen molar-refractivity contribution < 1.29 is 14.0 Å². The maximum atomic E-state index is 12.9. The van der Waals surface area contributed by atoms with Crippen molar-refractivity contribution in [3.05, 3.63) is 65.5 Å². The van der Waals surface area contributed by atoms with Crippen molar-refractivity contribution in [2.75, 3.05) is 7.05 Å². The number of benzene rings is 2. The monoisotopic (exact) mass is 368 g/mol. The van der Waals surface area contributed by atoms with Gasteiger partial charge in [-0.05, 0) is 35.0 Å². The minimum Gasteiger partial charge on any atom is -0.366 e. The number of likely N-dealkylation sites (N-methyl/N-ethyl adjacent to an activating group) is 1. The van der Waals surface area contributed by atoms with Crippen molar-refractivity contribution in [3.8, 4) is 11.4 Å². The topological polar surface area (TPSA) is 107 Å². The third-order valence-electron chi connectivity index (χ3n) is 3.92. The summed E-state index contributed by atoms with van der Waals surface area (Å²) < 4.78 is 12.9. The zero-order chi connectivity index (χ0) is 19.4. The fourth-order valence-corrected chi connectivity index (χ4v) is 2.40. The minimum absolute atomic E-state index is 0.0793. The van der Waals surface area contributed by atoms with Gasteiger partial charge in [0.25, 0.3) is 0 Å². The molecular formula is C18H17FN6O2. The van der Waals surface area contributed by atoms with E-state index in [0.29, 0.717) is 23.5 Å². The van der Waals surface area contributed by atoms with E-state index >= 15 is 0 Å². The molecule has 0 saturated heterocycles. The Morgan fingerprint density at radius 1 is 1.11 bits per heavy atom. The van der Waals surface area contributed by atoms with Gasteiger partial charge in [0.05, 0.1) is 0 Å². The van der Waals surface area contributed by atoms with E-state index in [4.69, 9.17) is 5.73 Å². The first-order valence-electron chi connectivity index (χ1n) is 8.09. The normalized spacial score (nSPS) is 10.6. The van der Waals surface area contributed by atoms with Crippen LogP contribution in [-0.4, -0.2) is 44.0 Å². The molecule has 0 aliphatic heterocycles. The average Bonchev–Trinajstić information content (AvgIpc) is 3.12. The molecule has 8 nitrogen and oxygen atoms in total. The highest BCUT2D eigenvalue weighted by molar-refractivity contribution is 5.93. The summed E-state index contributed by atoms with van der Waals surface area (Å²) in [6.07, 6.45) is 0. The molecule has 9 heteroatoms. The molecular weight excluding hydrogens is 351 g/mol. The van der Waals surface area contributed by atoms with E-state index < -0.39 is 5.91 Å². The summed E-state index contributed by atoms with van der Waals surface area (Å²) in [4.78, 5) is 26.1. The molecule has 1 heterocycles. The molecule has 3 rings (SSSR count). The van der Waals surface area contributed by atoms with Crippen LogP contribution in [0.2, 0.25) is 0 Å². The quantitative estimate of drug-likeness (QED) is 0.704. The number of halogens is 1. The standard InChI is InChI=1S/C18H17FN6O2/c1-24(10-12-2-8-15(19)9-3-12)16(26)11-25-22-18(21-23-25)14-6-4-13(5-7-14)17(20)27/h2-9H,10-11H2,1H3,(H2,20,27). The van der Waals surface area contributed by atoms with E-state index in [1.165, 1.54) is 21.8 Å². The summed E-state index contributed by atoms with van der Waals surface area (Å²) in [5, 5.41) is 12.0. The summed E-state index contributed by atoms with van der Waals surface area (Å²) >= 11 is 0. The SMILES string of the molecule is CN(Cc1ccc(F)cc1)C(=O)Cn1nnc(-c2ccc(C(N)=O)cc2)n1. The molecule has 0 spiro atoms.